The number of benzene rings is 1. The number of carboxylic acids is 1. The summed E-state index contributed by atoms with van der Waals surface area (Å²) in [6, 6.07) is 7.58. The molecule has 1 aromatic carbocycles. The summed E-state index contributed by atoms with van der Waals surface area (Å²) >= 11 is 0. The number of carbonyl (C=O) groups is 2. The number of piperazine rings is 1. The van der Waals surface area contributed by atoms with E-state index in [-0.39, 0.29) is 12.5 Å². The zero-order valence-electron chi connectivity index (χ0n) is 15.8. The molecule has 2 heterocycles. The Morgan fingerprint density at radius 3 is 2.30 bits per heavy atom. The quantitative estimate of drug-likeness (QED) is 0.774. The van der Waals surface area contributed by atoms with Crippen LogP contribution < -0.4 is 4.74 Å². The van der Waals surface area contributed by atoms with Crippen molar-refractivity contribution in [1.29, 1.82) is 0 Å². The number of carbonyl (C=O) groups excluding carboxylic acids is 1. The van der Waals surface area contributed by atoms with Gasteiger partial charge in [-0.1, -0.05) is 18.2 Å². The van der Waals surface area contributed by atoms with Crippen LogP contribution >= 0.6 is 0 Å². The van der Waals surface area contributed by atoms with Crippen LogP contribution in [0.25, 0.3) is 0 Å². The number of rotatable bonds is 7. The Hall–Kier alpha value is -2.12. The fraction of sp³-hybridized carbons (Fsp3) is 0.600. The van der Waals surface area contributed by atoms with Gasteiger partial charge in [-0.15, -0.1) is 0 Å². The van der Waals surface area contributed by atoms with Gasteiger partial charge >= 0.3 is 5.97 Å². The highest BCUT2D eigenvalue weighted by Crippen LogP contribution is 2.20. The number of piperidine rings is 1. The van der Waals surface area contributed by atoms with Crippen molar-refractivity contribution in [3.63, 3.8) is 0 Å². The minimum Gasteiger partial charge on any atom is -0.482 e. The van der Waals surface area contributed by atoms with Crippen LogP contribution in [0.2, 0.25) is 0 Å². The molecule has 0 spiro atoms. The van der Waals surface area contributed by atoms with Crippen molar-refractivity contribution in [2.24, 2.45) is 0 Å². The highest BCUT2D eigenvalue weighted by atomic mass is 16.5. The third-order valence-corrected chi connectivity index (χ3v) is 5.25. The number of aliphatic carboxylic acids is 1. The van der Waals surface area contributed by atoms with E-state index in [1.807, 2.05) is 29.2 Å². The van der Waals surface area contributed by atoms with Crippen LogP contribution in [0.15, 0.2) is 24.3 Å². The van der Waals surface area contributed by atoms with Crippen molar-refractivity contribution < 1.29 is 19.4 Å². The minimum absolute atomic E-state index is 0.260. The zero-order valence-corrected chi connectivity index (χ0v) is 15.8. The maximum atomic E-state index is 12.4. The largest absolute Gasteiger partial charge is 0.482 e. The van der Waals surface area contributed by atoms with Crippen LogP contribution in [0.5, 0.6) is 5.75 Å². The SMILES string of the molecule is O=C(O)COc1ccccc1CN1CCN(CC(=O)N2CCCCC2)CC1. The second kappa shape index (κ2) is 9.71. The molecule has 7 nitrogen and oxygen atoms in total. The molecule has 3 rings (SSSR count). The smallest absolute Gasteiger partial charge is 0.341 e. The highest BCUT2D eigenvalue weighted by Gasteiger charge is 2.23. The molecule has 0 bridgehead atoms. The van der Waals surface area contributed by atoms with Gasteiger partial charge in [0.25, 0.3) is 0 Å². The lowest BCUT2D eigenvalue weighted by Crippen LogP contribution is -2.50. The van der Waals surface area contributed by atoms with Gasteiger partial charge in [0.15, 0.2) is 6.61 Å². The highest BCUT2D eigenvalue weighted by molar-refractivity contribution is 5.78. The van der Waals surface area contributed by atoms with Gasteiger partial charge in [-0.25, -0.2) is 4.79 Å². The van der Waals surface area contributed by atoms with Crippen LogP contribution in [0, 0.1) is 0 Å². The second-order valence-corrected chi connectivity index (χ2v) is 7.28. The van der Waals surface area contributed by atoms with Crippen molar-refractivity contribution in [2.45, 2.75) is 25.8 Å². The maximum Gasteiger partial charge on any atom is 0.341 e. The standard InChI is InChI=1S/C20H29N3O4/c24-19(23-8-4-1-5-9-23)15-22-12-10-21(11-13-22)14-17-6-2-3-7-18(17)27-16-20(25)26/h2-3,6-7H,1,4-5,8-16H2,(H,25,26). The molecule has 2 fully saturated rings. The molecule has 0 aliphatic carbocycles. The van der Waals surface area contributed by atoms with E-state index in [0.29, 0.717) is 12.3 Å². The van der Waals surface area contributed by atoms with Crippen molar-refractivity contribution in [3.8, 4) is 5.75 Å². The van der Waals surface area contributed by atoms with E-state index < -0.39 is 5.97 Å². The lowest BCUT2D eigenvalue weighted by Gasteiger charge is -2.36. The number of amides is 1. The average molecular weight is 375 g/mol. The van der Waals surface area contributed by atoms with Crippen LogP contribution in [-0.2, 0) is 16.1 Å². The molecule has 0 atom stereocenters. The Bertz CT molecular complexity index is 638. The van der Waals surface area contributed by atoms with Crippen LogP contribution in [0.1, 0.15) is 24.8 Å². The van der Waals surface area contributed by atoms with Crippen molar-refractivity contribution in [2.75, 3.05) is 52.4 Å². The number of para-hydroxylation sites is 1. The summed E-state index contributed by atoms with van der Waals surface area (Å²) in [5, 5.41) is 8.81. The molecule has 1 amide bonds. The van der Waals surface area contributed by atoms with Crippen molar-refractivity contribution >= 4 is 11.9 Å². The molecular weight excluding hydrogens is 346 g/mol. The third kappa shape index (κ3) is 5.94. The fourth-order valence-electron chi connectivity index (χ4n) is 3.70. The van der Waals surface area contributed by atoms with Crippen LogP contribution in [0.4, 0.5) is 0 Å². The molecule has 2 saturated heterocycles. The molecule has 0 saturated carbocycles. The van der Waals surface area contributed by atoms with Crippen molar-refractivity contribution in [3.05, 3.63) is 29.8 Å². The summed E-state index contributed by atoms with van der Waals surface area (Å²) in [6.07, 6.45) is 3.49. The Morgan fingerprint density at radius 2 is 1.59 bits per heavy atom. The van der Waals surface area contributed by atoms with E-state index in [9.17, 15) is 9.59 Å². The van der Waals surface area contributed by atoms with E-state index in [2.05, 4.69) is 9.80 Å². The molecule has 0 radical (unpaired) electrons. The zero-order chi connectivity index (χ0) is 19.1. The number of ether oxygens (including phenoxy) is 1. The van der Waals surface area contributed by atoms with Crippen molar-refractivity contribution in [1.82, 2.24) is 14.7 Å². The topological polar surface area (TPSA) is 73.3 Å². The predicted octanol–water partition coefficient (Wildman–Crippen LogP) is 1.28. The first-order chi connectivity index (χ1) is 13.1. The second-order valence-electron chi connectivity index (χ2n) is 7.28. The Labute approximate surface area is 160 Å². The van der Waals surface area contributed by atoms with Gasteiger partial charge in [0.05, 0.1) is 6.54 Å². The molecule has 2 aliphatic heterocycles. The molecule has 0 unspecified atom stereocenters. The summed E-state index contributed by atoms with van der Waals surface area (Å²) in [4.78, 5) is 29.7. The molecule has 7 heteroatoms. The Balaban J connectivity index is 1.45. The predicted molar refractivity (Wildman–Crippen MR) is 102 cm³/mol. The average Bonchev–Trinajstić information content (AvgIpc) is 2.69. The summed E-state index contributed by atoms with van der Waals surface area (Å²) in [7, 11) is 0. The number of hydrogen-bond donors (Lipinski definition) is 1. The maximum absolute atomic E-state index is 12.4. The lowest BCUT2D eigenvalue weighted by atomic mass is 10.1. The van der Waals surface area contributed by atoms with Gasteiger partial charge in [-0.2, -0.15) is 0 Å². The molecule has 148 valence electrons. The van der Waals surface area contributed by atoms with Gasteiger partial charge in [0.1, 0.15) is 5.75 Å². The Morgan fingerprint density at radius 1 is 0.926 bits per heavy atom. The van der Waals surface area contributed by atoms with E-state index >= 15 is 0 Å². The van der Waals surface area contributed by atoms with Gasteiger partial charge in [-0.05, 0) is 25.3 Å². The normalized spacial score (nSPS) is 19.0. The first-order valence-electron chi connectivity index (χ1n) is 9.77. The molecular formula is C20H29N3O4. The molecule has 1 aromatic rings. The van der Waals surface area contributed by atoms with Gasteiger partial charge in [0.2, 0.25) is 5.91 Å². The number of likely N-dealkylation sites (tertiary alicyclic amines) is 1. The van der Waals surface area contributed by atoms with Gasteiger partial charge < -0.3 is 14.7 Å². The Kier molecular flexibility index (Phi) is 7.06. The third-order valence-electron chi connectivity index (χ3n) is 5.25. The molecule has 1 N–H and O–H groups in total. The first kappa shape index (κ1) is 19.6. The summed E-state index contributed by atoms with van der Waals surface area (Å²) in [6.45, 7) is 6.26. The molecule has 2 aliphatic rings. The number of carboxylic acid groups (broad SMARTS) is 1. The number of hydrogen-bond acceptors (Lipinski definition) is 5. The van der Waals surface area contributed by atoms with E-state index in [4.69, 9.17) is 9.84 Å². The summed E-state index contributed by atoms with van der Waals surface area (Å²) < 4.78 is 5.39. The van der Waals surface area contributed by atoms with E-state index in [1.54, 1.807) is 0 Å². The summed E-state index contributed by atoms with van der Waals surface area (Å²) in [5.41, 5.74) is 0.997. The first-order valence-corrected chi connectivity index (χ1v) is 9.77. The van der Waals surface area contributed by atoms with Gasteiger partial charge in [0, 0.05) is 51.4 Å². The van der Waals surface area contributed by atoms with E-state index in [0.717, 1.165) is 64.2 Å². The van der Waals surface area contributed by atoms with Crippen LogP contribution in [-0.4, -0.2) is 84.1 Å². The molecule has 27 heavy (non-hydrogen) atoms. The number of nitrogens with zero attached hydrogens (tertiary/aromatic N) is 3. The van der Waals surface area contributed by atoms with E-state index in [1.165, 1.54) is 6.42 Å². The fourth-order valence-corrected chi connectivity index (χ4v) is 3.70. The van der Waals surface area contributed by atoms with Crippen LogP contribution in [0.3, 0.4) is 0 Å². The molecule has 0 aromatic heterocycles. The lowest BCUT2D eigenvalue weighted by molar-refractivity contribution is -0.139. The summed E-state index contributed by atoms with van der Waals surface area (Å²) in [5.74, 6) is -0.0880. The monoisotopic (exact) mass is 375 g/mol. The van der Waals surface area contributed by atoms with Gasteiger partial charge in [-0.3, -0.25) is 14.6 Å². The minimum atomic E-state index is -0.975.